The van der Waals surface area contributed by atoms with Gasteiger partial charge < -0.3 is 15.4 Å². The zero-order valence-electron chi connectivity index (χ0n) is 22.2. The highest BCUT2D eigenvalue weighted by Gasteiger charge is 2.22. The molecular formula is C22H19ClN8O2. The Kier molecular flexibility index (Phi) is 3.89. The van der Waals surface area contributed by atoms with Gasteiger partial charge in [0.2, 0.25) is 5.95 Å². The molecule has 0 spiro atoms. The number of aryl methyl sites for hydroxylation is 1. The van der Waals surface area contributed by atoms with E-state index in [4.69, 9.17) is 24.2 Å². The maximum absolute atomic E-state index is 13.4. The molecule has 4 aromatic heterocycles. The Hall–Kier alpha value is -4.02. The maximum atomic E-state index is 13.4. The van der Waals surface area contributed by atoms with E-state index in [0.717, 1.165) is 9.08 Å². The molecule has 11 heteroatoms. The lowest BCUT2D eigenvalue weighted by Gasteiger charge is -2.13. The zero-order valence-corrected chi connectivity index (χ0v) is 17.9. The van der Waals surface area contributed by atoms with Crippen LogP contribution in [0.4, 0.5) is 5.95 Å². The van der Waals surface area contributed by atoms with Crippen LogP contribution in [0.2, 0.25) is 5.15 Å². The molecule has 3 N–H and O–H groups in total. The van der Waals surface area contributed by atoms with Crippen molar-refractivity contribution in [3.05, 3.63) is 81.9 Å². The number of fused-ring (bicyclic) bond motifs is 1. The van der Waals surface area contributed by atoms with E-state index in [9.17, 15) is 9.90 Å². The van der Waals surface area contributed by atoms with Crippen LogP contribution in [-0.2, 0) is 20.2 Å². The van der Waals surface area contributed by atoms with E-state index in [1.807, 2.05) is 0 Å². The van der Waals surface area contributed by atoms with Gasteiger partial charge in [-0.15, -0.1) is 5.10 Å². The molecular weight excluding hydrogens is 444 g/mol. The normalized spacial score (nSPS) is 13.5. The second kappa shape index (κ2) is 8.15. The van der Waals surface area contributed by atoms with Crippen LogP contribution in [0, 0.1) is 0 Å². The highest BCUT2D eigenvalue weighted by Crippen LogP contribution is 2.35. The number of nitrogen functional groups attached to an aromatic ring is 1. The first kappa shape index (κ1) is 15.7. The molecule has 10 nitrogen and oxygen atoms in total. The number of nitrogens with zero attached hydrogens (tertiary/aromatic N) is 7. The molecule has 166 valence electrons. The summed E-state index contributed by atoms with van der Waals surface area (Å²) in [6.07, 6.45) is 3.28. The Balaban J connectivity index is 1.93. The number of aromatic nitrogens is 7. The summed E-state index contributed by atoms with van der Waals surface area (Å²) in [5.74, 6) is 0.216. The highest BCUT2D eigenvalue weighted by molar-refractivity contribution is 6.29. The van der Waals surface area contributed by atoms with E-state index < -0.39 is 42.5 Å². The van der Waals surface area contributed by atoms with E-state index in [2.05, 4.69) is 20.1 Å². The van der Waals surface area contributed by atoms with Crippen LogP contribution >= 0.6 is 11.6 Å². The van der Waals surface area contributed by atoms with Gasteiger partial charge in [0, 0.05) is 25.0 Å². The van der Waals surface area contributed by atoms with E-state index in [-0.39, 0.29) is 51.4 Å². The summed E-state index contributed by atoms with van der Waals surface area (Å²) in [7, 11) is 1.76. The van der Waals surface area contributed by atoms with Crippen LogP contribution in [0.15, 0.2) is 59.5 Å². The lowest BCUT2D eigenvalue weighted by Crippen LogP contribution is -2.24. The Morgan fingerprint density at radius 3 is 2.67 bits per heavy atom. The topological polar surface area (TPSA) is 129 Å². The number of halogens is 1. The predicted molar refractivity (Wildman–Crippen MR) is 124 cm³/mol. The molecule has 0 radical (unpaired) electrons. The van der Waals surface area contributed by atoms with E-state index in [1.165, 1.54) is 12.1 Å². The first-order valence-electron chi connectivity index (χ1n) is 12.1. The summed E-state index contributed by atoms with van der Waals surface area (Å²) in [6.45, 7) is -0.470. The van der Waals surface area contributed by atoms with Gasteiger partial charge in [-0.2, -0.15) is 0 Å². The second-order valence-electron chi connectivity index (χ2n) is 7.08. The third-order valence-corrected chi connectivity index (χ3v) is 5.20. The fraction of sp³-hybridized carbons (Fsp3) is 0.136. The molecule has 0 saturated carbocycles. The molecule has 5 aromatic rings. The number of rotatable bonds is 5. The minimum atomic E-state index is -0.635. The molecule has 0 unspecified atom stereocenters. The van der Waals surface area contributed by atoms with Crippen molar-refractivity contribution in [2.45, 2.75) is 13.2 Å². The van der Waals surface area contributed by atoms with E-state index in [0.29, 0.717) is 5.82 Å². The number of hydrogen-bond acceptors (Lipinski definition) is 7. The third kappa shape index (κ3) is 3.65. The van der Waals surface area contributed by atoms with Crippen LogP contribution < -0.4 is 11.4 Å². The number of hydrogen-bond donors (Lipinski definition) is 2. The molecule has 4 heterocycles. The smallest absolute Gasteiger partial charge is 0.353 e. The van der Waals surface area contributed by atoms with Crippen molar-refractivity contribution in [3.63, 3.8) is 0 Å². The monoisotopic (exact) mass is 467 g/mol. The molecule has 33 heavy (non-hydrogen) atoms. The first-order valence-corrected chi connectivity index (χ1v) is 10.0. The molecule has 0 aliphatic rings. The molecule has 1 aromatic carbocycles. The standard InChI is InChI=1S/C22H19ClN8O2/c1-29-8-7-25-17(29)11-30-22(33)31-20(28-30)18(14-9-15(12-32)26-16(23)10-14)19(27-21(31)24)13-5-3-2-4-6-13/h2-10,32H,11-12H2,1H3,(H2,24,27)/i2D,3D,4D,5D,6D. The van der Waals surface area contributed by atoms with Crippen molar-refractivity contribution in [2.75, 3.05) is 5.73 Å². The van der Waals surface area contributed by atoms with Gasteiger partial charge in [0.1, 0.15) is 17.5 Å². The number of benzene rings is 1. The van der Waals surface area contributed by atoms with Crippen LogP contribution in [0.25, 0.3) is 28.0 Å². The number of anilines is 1. The number of pyridine rings is 1. The van der Waals surface area contributed by atoms with Crippen molar-refractivity contribution in [1.82, 2.24) is 33.7 Å². The molecule has 0 aliphatic heterocycles. The molecule has 0 aliphatic carbocycles. The second-order valence-corrected chi connectivity index (χ2v) is 7.46. The van der Waals surface area contributed by atoms with Gasteiger partial charge in [-0.1, -0.05) is 41.8 Å². The average Bonchev–Trinajstić information content (AvgIpc) is 3.44. The van der Waals surface area contributed by atoms with Crippen LogP contribution in [0.1, 0.15) is 18.4 Å². The minimum Gasteiger partial charge on any atom is -0.390 e. The Bertz CT molecular complexity index is 1790. The van der Waals surface area contributed by atoms with Gasteiger partial charge in [-0.05, 0) is 17.7 Å². The summed E-state index contributed by atoms with van der Waals surface area (Å²) < 4.78 is 45.1. The molecule has 5 rings (SSSR count). The Morgan fingerprint density at radius 2 is 1.97 bits per heavy atom. The number of imidazole rings is 1. The maximum Gasteiger partial charge on any atom is 0.353 e. The molecule has 0 saturated heterocycles. The fourth-order valence-electron chi connectivity index (χ4n) is 3.48. The van der Waals surface area contributed by atoms with E-state index >= 15 is 0 Å². The Labute approximate surface area is 199 Å². The largest absolute Gasteiger partial charge is 0.390 e. The van der Waals surface area contributed by atoms with Gasteiger partial charge in [0.15, 0.2) is 5.65 Å². The Morgan fingerprint density at radius 1 is 1.18 bits per heavy atom. The average molecular weight is 468 g/mol. The molecule has 0 fully saturated rings. The van der Waals surface area contributed by atoms with Crippen molar-refractivity contribution < 1.29 is 12.0 Å². The van der Waals surface area contributed by atoms with Crippen LogP contribution in [0.5, 0.6) is 0 Å². The molecule has 0 amide bonds. The van der Waals surface area contributed by atoms with Crippen molar-refractivity contribution in [1.29, 1.82) is 0 Å². The summed E-state index contributed by atoms with van der Waals surface area (Å²) in [5.41, 5.74) is 5.76. The third-order valence-electron chi connectivity index (χ3n) is 5.00. The highest BCUT2D eigenvalue weighted by atomic mass is 35.5. The van der Waals surface area contributed by atoms with Crippen LogP contribution in [-0.4, -0.2) is 38.8 Å². The molecule has 0 bridgehead atoms. The van der Waals surface area contributed by atoms with Gasteiger partial charge >= 0.3 is 5.69 Å². The van der Waals surface area contributed by atoms with Crippen molar-refractivity contribution in [2.24, 2.45) is 7.05 Å². The SMILES string of the molecule is [2H]c1c([2H])c([2H])c(-c2nc(N)n3c(=O)n(Cc4nccn4C)nc3c2-c2cc(Cl)nc(CO)c2)c([2H])c1[2H]. The summed E-state index contributed by atoms with van der Waals surface area (Å²) in [5, 5.41) is 14.2. The summed E-state index contributed by atoms with van der Waals surface area (Å²) in [4.78, 5) is 26.0. The van der Waals surface area contributed by atoms with Gasteiger partial charge in [-0.25, -0.2) is 28.8 Å². The number of aliphatic hydroxyl groups excluding tert-OH is 1. The minimum absolute atomic E-state index is 0.00308. The first-order chi connectivity index (χ1) is 18.0. The lowest BCUT2D eigenvalue weighted by molar-refractivity contribution is 0.277. The van der Waals surface area contributed by atoms with Gasteiger partial charge in [0.25, 0.3) is 0 Å². The summed E-state index contributed by atoms with van der Waals surface area (Å²) in [6, 6.07) is 0.123. The van der Waals surface area contributed by atoms with Gasteiger partial charge in [0.05, 0.1) is 30.4 Å². The van der Waals surface area contributed by atoms with Gasteiger partial charge in [-0.3, -0.25) is 0 Å². The quantitative estimate of drug-likeness (QED) is 0.379. The fourth-order valence-corrected chi connectivity index (χ4v) is 3.71. The summed E-state index contributed by atoms with van der Waals surface area (Å²) >= 11 is 6.21. The predicted octanol–water partition coefficient (Wildman–Crippen LogP) is 2.13. The lowest BCUT2D eigenvalue weighted by atomic mass is 10.00. The van der Waals surface area contributed by atoms with Crippen LogP contribution in [0.3, 0.4) is 0 Å². The van der Waals surface area contributed by atoms with Crippen molar-refractivity contribution >= 4 is 23.2 Å². The number of nitrogens with two attached hydrogens (primary N) is 1. The van der Waals surface area contributed by atoms with E-state index in [1.54, 1.807) is 24.0 Å². The molecule has 0 atom stereocenters. The van der Waals surface area contributed by atoms with Crippen molar-refractivity contribution in [3.8, 4) is 22.4 Å². The number of aliphatic hydroxyl groups is 1. The zero-order chi connectivity index (χ0) is 27.5.